The molecule has 4 aromatic carbocycles. The van der Waals surface area contributed by atoms with Crippen molar-refractivity contribution < 1.29 is 19.2 Å². The number of esters is 1. The molecule has 0 unspecified atom stereocenters. The van der Waals surface area contributed by atoms with Gasteiger partial charge in [-0.25, -0.2) is 10.2 Å². The summed E-state index contributed by atoms with van der Waals surface area (Å²) in [5.74, 6) is -1.10. The number of para-hydroxylation sites is 1. The topological polar surface area (TPSA) is 127 Å². The fourth-order valence-electron chi connectivity index (χ4n) is 4.35. The van der Waals surface area contributed by atoms with E-state index >= 15 is 0 Å². The lowest BCUT2D eigenvalue weighted by Crippen LogP contribution is -2.19. The Morgan fingerprint density at radius 2 is 1.79 bits per heavy atom. The van der Waals surface area contributed by atoms with Gasteiger partial charge in [-0.15, -0.1) is 0 Å². The molecule has 0 aliphatic carbocycles. The minimum Gasteiger partial charge on any atom is -0.421 e. The second kappa shape index (κ2) is 12.3. The van der Waals surface area contributed by atoms with Crippen LogP contribution in [0.15, 0.2) is 92.9 Å². The largest absolute Gasteiger partial charge is 0.421 e. The molecule has 9 nitrogen and oxygen atoms in total. The number of carbonyl (C=O) groups is 2. The number of carbonyl (C=O) groups excluding carboxylic acids is 2. The molecule has 0 saturated heterocycles. The molecule has 0 spiro atoms. The Kier molecular flexibility index (Phi) is 8.53. The standard InChI is InChI=1S/C30H19Br2ClN4O5/c1-16-5-4-7-22-25(21-6-2-3-8-24(21)33)27(35-26(16)22)29(38)36-34-15-18-13-19(31)14-23(32)28(18)42-30(39)17-9-11-20(12-10-17)37(40)41/h2-15,35H,1H3,(H,36,38). The van der Waals surface area contributed by atoms with E-state index in [2.05, 4.69) is 47.4 Å². The van der Waals surface area contributed by atoms with Gasteiger partial charge in [0.05, 0.1) is 21.2 Å². The van der Waals surface area contributed by atoms with Gasteiger partial charge in [-0.1, -0.05) is 63.9 Å². The number of non-ortho nitro benzene ring substituents is 1. The summed E-state index contributed by atoms with van der Waals surface area (Å²) in [5.41, 5.74) is 6.27. The highest BCUT2D eigenvalue weighted by Gasteiger charge is 2.22. The number of halogens is 3. The quantitative estimate of drug-likeness (QED) is 0.0579. The molecule has 0 aliphatic rings. The number of nitrogens with zero attached hydrogens (tertiary/aromatic N) is 2. The van der Waals surface area contributed by atoms with E-state index in [-0.39, 0.29) is 22.7 Å². The first-order valence-electron chi connectivity index (χ1n) is 12.3. The van der Waals surface area contributed by atoms with Crippen LogP contribution in [0.1, 0.15) is 32.0 Å². The van der Waals surface area contributed by atoms with Crippen LogP contribution in [0.2, 0.25) is 5.02 Å². The van der Waals surface area contributed by atoms with Gasteiger partial charge in [0.25, 0.3) is 11.6 Å². The number of nitro benzene ring substituents is 1. The van der Waals surface area contributed by atoms with Gasteiger partial charge < -0.3 is 9.72 Å². The van der Waals surface area contributed by atoms with Crippen molar-refractivity contribution in [1.82, 2.24) is 10.4 Å². The van der Waals surface area contributed by atoms with Crippen LogP contribution in [-0.2, 0) is 0 Å². The van der Waals surface area contributed by atoms with Crippen LogP contribution in [0, 0.1) is 17.0 Å². The summed E-state index contributed by atoms with van der Waals surface area (Å²) in [7, 11) is 0. The van der Waals surface area contributed by atoms with Crippen molar-refractivity contribution in [2.45, 2.75) is 6.92 Å². The molecule has 5 aromatic rings. The highest BCUT2D eigenvalue weighted by atomic mass is 79.9. The number of nitrogens with one attached hydrogen (secondary N) is 2. The van der Waals surface area contributed by atoms with Crippen molar-refractivity contribution >= 4 is 78.1 Å². The van der Waals surface area contributed by atoms with E-state index in [9.17, 15) is 19.7 Å². The summed E-state index contributed by atoms with van der Waals surface area (Å²) in [5, 5.41) is 16.4. The summed E-state index contributed by atoms with van der Waals surface area (Å²) < 4.78 is 6.70. The van der Waals surface area contributed by atoms with E-state index in [4.69, 9.17) is 16.3 Å². The lowest BCUT2D eigenvalue weighted by atomic mass is 10.0. The minimum atomic E-state index is -0.732. The van der Waals surface area contributed by atoms with Crippen LogP contribution in [0.4, 0.5) is 5.69 Å². The van der Waals surface area contributed by atoms with Gasteiger partial charge in [0.15, 0.2) is 5.75 Å². The highest BCUT2D eigenvalue weighted by molar-refractivity contribution is 9.11. The molecule has 0 bridgehead atoms. The van der Waals surface area contributed by atoms with E-state index in [0.29, 0.717) is 30.7 Å². The lowest BCUT2D eigenvalue weighted by Gasteiger charge is -2.11. The van der Waals surface area contributed by atoms with Gasteiger partial charge in [-0.2, -0.15) is 5.10 Å². The third kappa shape index (κ3) is 5.98. The van der Waals surface area contributed by atoms with Crippen molar-refractivity contribution in [1.29, 1.82) is 0 Å². The number of hydrazone groups is 1. The Morgan fingerprint density at radius 1 is 1.05 bits per heavy atom. The molecule has 0 aliphatic heterocycles. The maximum Gasteiger partial charge on any atom is 0.343 e. The molecular formula is C30H19Br2ClN4O5. The number of benzene rings is 4. The van der Waals surface area contributed by atoms with E-state index < -0.39 is 16.8 Å². The molecule has 0 fully saturated rings. The Morgan fingerprint density at radius 3 is 2.50 bits per heavy atom. The number of nitro groups is 1. The minimum absolute atomic E-state index is 0.118. The number of rotatable bonds is 7. The fraction of sp³-hybridized carbons (Fsp3) is 0.0333. The van der Waals surface area contributed by atoms with Crippen molar-refractivity contribution in [2.24, 2.45) is 5.10 Å². The molecule has 1 amide bonds. The molecule has 0 radical (unpaired) electrons. The van der Waals surface area contributed by atoms with Crippen LogP contribution >= 0.6 is 43.5 Å². The zero-order valence-corrected chi connectivity index (χ0v) is 25.6. The van der Waals surface area contributed by atoms with E-state index in [1.807, 2.05) is 43.3 Å². The number of fused-ring (bicyclic) bond motifs is 1. The van der Waals surface area contributed by atoms with Crippen LogP contribution in [0.25, 0.3) is 22.0 Å². The highest BCUT2D eigenvalue weighted by Crippen LogP contribution is 2.37. The number of ether oxygens (including phenoxy) is 1. The van der Waals surface area contributed by atoms with Crippen molar-refractivity contribution in [3.8, 4) is 16.9 Å². The molecule has 1 aromatic heterocycles. The van der Waals surface area contributed by atoms with E-state index in [1.165, 1.54) is 30.5 Å². The number of amides is 1. The molecule has 2 N–H and O–H groups in total. The van der Waals surface area contributed by atoms with Gasteiger partial charge in [0, 0.05) is 49.2 Å². The average Bonchev–Trinajstić information content (AvgIpc) is 3.36. The van der Waals surface area contributed by atoms with E-state index in [0.717, 1.165) is 16.5 Å². The summed E-state index contributed by atoms with van der Waals surface area (Å²) in [6.45, 7) is 1.94. The Bertz CT molecular complexity index is 1900. The molecule has 42 heavy (non-hydrogen) atoms. The Balaban J connectivity index is 1.44. The number of hydrogen-bond acceptors (Lipinski definition) is 6. The number of aromatic nitrogens is 1. The summed E-state index contributed by atoms with van der Waals surface area (Å²) >= 11 is 13.3. The number of H-pyrrole nitrogens is 1. The molecule has 1 heterocycles. The third-order valence-corrected chi connectivity index (χ3v) is 7.70. The van der Waals surface area contributed by atoms with Crippen molar-refractivity contribution in [2.75, 3.05) is 0 Å². The molecule has 0 saturated carbocycles. The first-order chi connectivity index (χ1) is 20.1. The SMILES string of the molecule is Cc1cccc2c(-c3ccccc3Cl)c(C(=O)NN=Cc3cc(Br)cc(Br)c3OC(=O)c3ccc([N+](=O)[O-])cc3)[nH]c12. The monoisotopic (exact) mass is 708 g/mol. The second-order valence-corrected chi connectivity index (χ2v) is 11.2. The number of hydrogen-bond donors (Lipinski definition) is 2. The van der Waals surface area contributed by atoms with Gasteiger partial charge >= 0.3 is 5.97 Å². The smallest absolute Gasteiger partial charge is 0.343 e. The maximum absolute atomic E-state index is 13.4. The lowest BCUT2D eigenvalue weighted by molar-refractivity contribution is -0.384. The maximum atomic E-state index is 13.4. The van der Waals surface area contributed by atoms with Crippen molar-refractivity contribution in [3.63, 3.8) is 0 Å². The van der Waals surface area contributed by atoms with Crippen molar-refractivity contribution in [3.05, 3.63) is 125 Å². The van der Waals surface area contributed by atoms with Gasteiger partial charge in [0.1, 0.15) is 5.69 Å². The summed E-state index contributed by atoms with van der Waals surface area (Å²) in [6.07, 6.45) is 1.34. The molecule has 0 atom stereocenters. The first kappa shape index (κ1) is 29.2. The fourth-order valence-corrected chi connectivity index (χ4v) is 5.92. The third-order valence-electron chi connectivity index (χ3n) is 6.33. The van der Waals surface area contributed by atoms with Crippen LogP contribution < -0.4 is 10.2 Å². The number of aromatic amines is 1. The van der Waals surface area contributed by atoms with Gasteiger partial charge in [-0.3, -0.25) is 14.9 Å². The summed E-state index contributed by atoms with van der Waals surface area (Å²) in [6, 6.07) is 21.4. The Labute approximate surface area is 260 Å². The predicted molar refractivity (Wildman–Crippen MR) is 168 cm³/mol. The van der Waals surface area contributed by atoms with Crippen LogP contribution in [-0.4, -0.2) is 28.0 Å². The van der Waals surface area contributed by atoms with E-state index in [1.54, 1.807) is 18.2 Å². The number of aryl methyl sites for hydroxylation is 1. The molecule has 12 heteroatoms. The Hall–Kier alpha value is -4.32. The van der Waals surface area contributed by atoms with Gasteiger partial charge in [0.2, 0.25) is 0 Å². The molecule has 210 valence electrons. The van der Waals surface area contributed by atoms with Crippen LogP contribution in [0.5, 0.6) is 5.75 Å². The molecule has 5 rings (SSSR count). The zero-order valence-electron chi connectivity index (χ0n) is 21.7. The normalized spacial score (nSPS) is 11.1. The van der Waals surface area contributed by atoms with Crippen LogP contribution in [0.3, 0.4) is 0 Å². The average molecular weight is 711 g/mol. The first-order valence-corrected chi connectivity index (χ1v) is 14.3. The summed E-state index contributed by atoms with van der Waals surface area (Å²) in [4.78, 5) is 39.8. The van der Waals surface area contributed by atoms with Gasteiger partial charge in [-0.05, 0) is 58.7 Å². The second-order valence-electron chi connectivity index (χ2n) is 9.05. The zero-order chi connectivity index (χ0) is 30.0. The predicted octanol–water partition coefficient (Wildman–Crippen LogP) is 8.21. The molecular weight excluding hydrogens is 692 g/mol.